The molecule has 0 radical (unpaired) electrons. The first-order valence-electron chi connectivity index (χ1n) is 9.12. The molecule has 2 heterocycles. The van der Waals surface area contributed by atoms with Crippen LogP contribution in [0.15, 0.2) is 29.2 Å². The Morgan fingerprint density at radius 1 is 1.15 bits per heavy atom. The SMILES string of the molecule is CC1CCCCN1S(=O)(=O)c1ccc(C(=O)N[C@H]2CCCNC2)cc1.Cl. The number of carbonyl (C=O) groups excluding carboxylic acids is 1. The van der Waals surface area contributed by atoms with Crippen LogP contribution in [0.4, 0.5) is 0 Å². The number of amides is 1. The van der Waals surface area contributed by atoms with Gasteiger partial charge in [0, 0.05) is 30.7 Å². The fraction of sp³-hybridized carbons (Fsp3) is 0.611. The minimum atomic E-state index is -3.49. The molecule has 2 N–H and O–H groups in total. The van der Waals surface area contributed by atoms with Gasteiger partial charge >= 0.3 is 0 Å². The maximum absolute atomic E-state index is 12.8. The van der Waals surface area contributed by atoms with E-state index in [0.717, 1.165) is 45.2 Å². The van der Waals surface area contributed by atoms with Crippen molar-refractivity contribution in [3.05, 3.63) is 29.8 Å². The van der Waals surface area contributed by atoms with Gasteiger partial charge in [0.05, 0.1) is 4.90 Å². The van der Waals surface area contributed by atoms with Crippen LogP contribution in [0.25, 0.3) is 0 Å². The molecule has 0 aliphatic carbocycles. The molecular weight excluding hydrogens is 374 g/mol. The minimum Gasteiger partial charge on any atom is -0.348 e. The zero-order valence-corrected chi connectivity index (χ0v) is 16.7. The lowest BCUT2D eigenvalue weighted by atomic mass is 10.1. The number of piperidine rings is 2. The number of nitrogens with one attached hydrogen (secondary N) is 2. The second-order valence-corrected chi connectivity index (χ2v) is 8.89. The van der Waals surface area contributed by atoms with Crippen LogP contribution in [0.3, 0.4) is 0 Å². The summed E-state index contributed by atoms with van der Waals surface area (Å²) in [5.41, 5.74) is 0.496. The highest BCUT2D eigenvalue weighted by Gasteiger charge is 2.31. The van der Waals surface area contributed by atoms with Crippen molar-refractivity contribution in [3.63, 3.8) is 0 Å². The number of benzene rings is 1. The zero-order valence-electron chi connectivity index (χ0n) is 15.1. The molecule has 8 heteroatoms. The first-order chi connectivity index (χ1) is 12.0. The van der Waals surface area contributed by atoms with Crippen molar-refractivity contribution in [1.82, 2.24) is 14.9 Å². The average molecular weight is 402 g/mol. The number of nitrogens with zero attached hydrogens (tertiary/aromatic N) is 1. The Labute approximate surface area is 162 Å². The molecule has 1 amide bonds. The van der Waals surface area contributed by atoms with Gasteiger partial charge in [0.15, 0.2) is 0 Å². The highest BCUT2D eigenvalue weighted by molar-refractivity contribution is 7.89. The van der Waals surface area contributed by atoms with Crippen LogP contribution < -0.4 is 10.6 Å². The van der Waals surface area contributed by atoms with Crippen molar-refractivity contribution >= 4 is 28.3 Å². The zero-order chi connectivity index (χ0) is 17.9. The summed E-state index contributed by atoms with van der Waals surface area (Å²) in [5, 5.41) is 6.26. The minimum absolute atomic E-state index is 0. The predicted octanol–water partition coefficient (Wildman–Crippen LogP) is 2.15. The number of halogens is 1. The molecule has 2 aliphatic rings. The molecule has 0 saturated carbocycles. The van der Waals surface area contributed by atoms with E-state index < -0.39 is 10.0 Å². The van der Waals surface area contributed by atoms with Gasteiger partial charge in [0.25, 0.3) is 5.91 Å². The first-order valence-corrected chi connectivity index (χ1v) is 10.6. The van der Waals surface area contributed by atoms with E-state index in [0.29, 0.717) is 12.1 Å². The standard InChI is InChI=1S/C18H27N3O3S.ClH/c1-14-5-2-3-12-21(14)25(23,24)17-9-7-15(8-10-17)18(22)20-16-6-4-11-19-13-16;/h7-10,14,16,19H,2-6,11-13H2,1H3,(H,20,22);1H/t14?,16-;/m0./s1. The number of hydrogen-bond donors (Lipinski definition) is 2. The molecular formula is C18H28ClN3O3S. The van der Waals surface area contributed by atoms with E-state index in [-0.39, 0.29) is 35.3 Å². The molecule has 26 heavy (non-hydrogen) atoms. The van der Waals surface area contributed by atoms with Gasteiger partial charge in [-0.1, -0.05) is 6.42 Å². The topological polar surface area (TPSA) is 78.5 Å². The lowest BCUT2D eigenvalue weighted by molar-refractivity contribution is 0.0930. The van der Waals surface area contributed by atoms with Gasteiger partial charge in [-0.3, -0.25) is 4.79 Å². The van der Waals surface area contributed by atoms with E-state index in [2.05, 4.69) is 10.6 Å². The Kier molecular flexibility index (Phi) is 7.46. The maximum Gasteiger partial charge on any atom is 0.251 e. The monoisotopic (exact) mass is 401 g/mol. The van der Waals surface area contributed by atoms with Gasteiger partial charge in [0.2, 0.25) is 10.0 Å². The van der Waals surface area contributed by atoms with Gasteiger partial charge in [-0.05, 0) is 63.4 Å². The van der Waals surface area contributed by atoms with Gasteiger partial charge in [0.1, 0.15) is 0 Å². The van der Waals surface area contributed by atoms with Crippen molar-refractivity contribution in [2.45, 2.75) is 56.0 Å². The Morgan fingerprint density at radius 3 is 2.50 bits per heavy atom. The van der Waals surface area contributed by atoms with Crippen molar-refractivity contribution in [2.24, 2.45) is 0 Å². The molecule has 2 atom stereocenters. The van der Waals surface area contributed by atoms with Crippen molar-refractivity contribution in [2.75, 3.05) is 19.6 Å². The third-order valence-electron chi connectivity index (χ3n) is 5.10. The smallest absolute Gasteiger partial charge is 0.251 e. The summed E-state index contributed by atoms with van der Waals surface area (Å²) in [4.78, 5) is 12.6. The molecule has 6 nitrogen and oxygen atoms in total. The third kappa shape index (κ3) is 4.76. The maximum atomic E-state index is 12.8. The Bertz CT molecular complexity index is 703. The van der Waals surface area contributed by atoms with Crippen LogP contribution in [-0.4, -0.2) is 50.3 Å². The highest BCUT2D eigenvalue weighted by atomic mass is 35.5. The van der Waals surface area contributed by atoms with Crippen molar-refractivity contribution in [3.8, 4) is 0 Å². The number of hydrogen-bond acceptors (Lipinski definition) is 4. The van der Waals surface area contributed by atoms with E-state index in [1.54, 1.807) is 28.6 Å². The lowest BCUT2D eigenvalue weighted by Crippen LogP contribution is -2.45. The van der Waals surface area contributed by atoms with Crippen LogP contribution in [0.5, 0.6) is 0 Å². The molecule has 2 fully saturated rings. The van der Waals surface area contributed by atoms with Gasteiger partial charge < -0.3 is 10.6 Å². The van der Waals surface area contributed by atoms with Gasteiger partial charge in [-0.2, -0.15) is 4.31 Å². The van der Waals surface area contributed by atoms with Crippen molar-refractivity contribution < 1.29 is 13.2 Å². The Balaban J connectivity index is 0.00000243. The summed E-state index contributed by atoms with van der Waals surface area (Å²) >= 11 is 0. The number of rotatable bonds is 4. The molecule has 1 aromatic carbocycles. The molecule has 0 spiro atoms. The molecule has 0 bridgehead atoms. The lowest BCUT2D eigenvalue weighted by Gasteiger charge is -2.32. The van der Waals surface area contributed by atoms with Crippen molar-refractivity contribution in [1.29, 1.82) is 0 Å². The average Bonchev–Trinajstić information content (AvgIpc) is 2.63. The number of sulfonamides is 1. The summed E-state index contributed by atoms with van der Waals surface area (Å²) in [6.45, 7) is 4.30. The van der Waals surface area contributed by atoms with E-state index in [1.807, 2.05) is 6.92 Å². The molecule has 146 valence electrons. The van der Waals surface area contributed by atoms with Gasteiger partial charge in [-0.25, -0.2) is 8.42 Å². The van der Waals surface area contributed by atoms with Crippen LogP contribution in [-0.2, 0) is 10.0 Å². The van der Waals surface area contributed by atoms with Crippen LogP contribution in [0.2, 0.25) is 0 Å². The molecule has 0 aromatic heterocycles. The molecule has 2 saturated heterocycles. The Hall–Kier alpha value is -1.15. The first kappa shape index (κ1) is 21.2. The third-order valence-corrected chi connectivity index (χ3v) is 7.13. The summed E-state index contributed by atoms with van der Waals surface area (Å²) in [6, 6.07) is 6.47. The predicted molar refractivity (Wildman–Crippen MR) is 104 cm³/mol. The second kappa shape index (κ2) is 9.17. The normalized spacial score (nSPS) is 24.5. The van der Waals surface area contributed by atoms with E-state index >= 15 is 0 Å². The second-order valence-electron chi connectivity index (χ2n) is 7.00. The fourth-order valence-electron chi connectivity index (χ4n) is 3.59. The van der Waals surface area contributed by atoms with E-state index in [1.165, 1.54) is 0 Å². The summed E-state index contributed by atoms with van der Waals surface area (Å²) in [6.07, 6.45) is 4.89. The largest absolute Gasteiger partial charge is 0.348 e. The summed E-state index contributed by atoms with van der Waals surface area (Å²) in [7, 11) is -3.49. The molecule has 1 unspecified atom stereocenters. The van der Waals surface area contributed by atoms with Crippen LogP contribution in [0, 0.1) is 0 Å². The summed E-state index contributed by atoms with van der Waals surface area (Å²) < 4.78 is 27.2. The quantitative estimate of drug-likeness (QED) is 0.810. The fourth-order valence-corrected chi connectivity index (χ4v) is 5.29. The molecule has 3 rings (SSSR count). The molecule has 2 aliphatic heterocycles. The number of carbonyl (C=O) groups is 1. The van der Waals surface area contributed by atoms with Gasteiger partial charge in [-0.15, -0.1) is 12.4 Å². The highest BCUT2D eigenvalue weighted by Crippen LogP contribution is 2.25. The van der Waals surface area contributed by atoms with E-state index in [9.17, 15) is 13.2 Å². The van der Waals surface area contributed by atoms with Crippen LogP contribution >= 0.6 is 12.4 Å². The van der Waals surface area contributed by atoms with Crippen LogP contribution in [0.1, 0.15) is 49.4 Å². The Morgan fingerprint density at radius 2 is 1.88 bits per heavy atom. The molecule has 1 aromatic rings. The summed E-state index contributed by atoms with van der Waals surface area (Å²) in [5.74, 6) is -0.149. The van der Waals surface area contributed by atoms with E-state index in [4.69, 9.17) is 0 Å².